The number of carbonyl (C=O) groups is 1. The molecule has 2 bridgehead atoms. The van der Waals surface area contributed by atoms with Crippen molar-refractivity contribution in [2.45, 2.75) is 38.5 Å². The number of anilines is 3. The van der Waals surface area contributed by atoms with Gasteiger partial charge in [0.15, 0.2) is 0 Å². The molecular formula is C29H35F3N8O. The molecule has 1 amide bonds. The van der Waals surface area contributed by atoms with E-state index < -0.39 is 17.6 Å². The van der Waals surface area contributed by atoms with Crippen molar-refractivity contribution >= 4 is 28.7 Å². The number of halogens is 3. The Morgan fingerprint density at radius 2 is 1.95 bits per heavy atom. The first-order valence-electron chi connectivity index (χ1n) is 13.5. The van der Waals surface area contributed by atoms with Crippen LogP contribution in [0.25, 0.3) is 5.70 Å². The van der Waals surface area contributed by atoms with E-state index in [2.05, 4.69) is 26.5 Å². The number of hydrogen-bond donors (Lipinski definition) is 4. The molecule has 5 rings (SSSR count). The Balaban J connectivity index is 1.43. The largest absolute Gasteiger partial charge is 0.416 e. The number of hydrogen-bond acceptors (Lipinski definition) is 7. The average molecular weight is 569 g/mol. The van der Waals surface area contributed by atoms with E-state index in [1.165, 1.54) is 6.07 Å². The Morgan fingerprint density at radius 1 is 1.17 bits per heavy atom. The van der Waals surface area contributed by atoms with Gasteiger partial charge in [0.25, 0.3) is 5.91 Å². The van der Waals surface area contributed by atoms with Gasteiger partial charge in [0, 0.05) is 80.7 Å². The standard InChI is InChI=1S/C29H35F3N8O/c1-17-6-7-19(8-27(17)40(34-4)16-26(33-3)25-14-36-38(5)18(25)2)28(41)37-21-9-20(29(30,31)32)10-23(11-21)39-15-22-12-24(39)13-35-22/h6-11,14,16,22,24,33-35H,12-13,15H2,1-5H3,(H,37,41)/b26-16-. The van der Waals surface area contributed by atoms with Crippen LogP contribution in [-0.2, 0) is 13.2 Å². The molecule has 2 unspecified atom stereocenters. The number of aromatic nitrogens is 2. The van der Waals surface area contributed by atoms with Gasteiger partial charge < -0.3 is 20.9 Å². The number of rotatable bonds is 8. The lowest BCUT2D eigenvalue weighted by Gasteiger charge is -2.30. The molecule has 3 heterocycles. The molecule has 2 aromatic carbocycles. The summed E-state index contributed by atoms with van der Waals surface area (Å²) in [5.74, 6) is -0.502. The molecule has 0 spiro atoms. The molecule has 1 aromatic heterocycles. The van der Waals surface area contributed by atoms with Gasteiger partial charge in [-0.15, -0.1) is 0 Å². The van der Waals surface area contributed by atoms with Crippen LogP contribution in [0.4, 0.5) is 30.2 Å². The molecule has 2 saturated heterocycles. The summed E-state index contributed by atoms with van der Waals surface area (Å²) in [6, 6.07) is 9.38. The Bertz CT molecular complexity index is 1480. The summed E-state index contributed by atoms with van der Waals surface area (Å²) in [7, 11) is 5.45. The predicted molar refractivity (Wildman–Crippen MR) is 155 cm³/mol. The Labute approximate surface area is 237 Å². The average Bonchev–Trinajstić information content (AvgIpc) is 3.66. The molecule has 41 heavy (non-hydrogen) atoms. The smallest absolute Gasteiger partial charge is 0.386 e. The second-order valence-corrected chi connectivity index (χ2v) is 10.5. The minimum Gasteiger partial charge on any atom is -0.386 e. The maximum absolute atomic E-state index is 13.8. The van der Waals surface area contributed by atoms with Crippen molar-refractivity contribution in [1.82, 2.24) is 25.8 Å². The Morgan fingerprint density at radius 3 is 2.54 bits per heavy atom. The van der Waals surface area contributed by atoms with E-state index in [9.17, 15) is 18.0 Å². The van der Waals surface area contributed by atoms with Gasteiger partial charge in [0.1, 0.15) is 0 Å². The molecule has 2 atom stereocenters. The van der Waals surface area contributed by atoms with Crippen molar-refractivity contribution in [2.24, 2.45) is 7.05 Å². The van der Waals surface area contributed by atoms with Gasteiger partial charge in [-0.3, -0.25) is 14.5 Å². The molecule has 3 aromatic rings. The van der Waals surface area contributed by atoms with Crippen molar-refractivity contribution in [2.75, 3.05) is 42.4 Å². The lowest BCUT2D eigenvalue weighted by Crippen LogP contribution is -2.43. The van der Waals surface area contributed by atoms with Crippen LogP contribution in [-0.4, -0.2) is 55.0 Å². The summed E-state index contributed by atoms with van der Waals surface area (Å²) in [6.07, 6.45) is -0.00203. The summed E-state index contributed by atoms with van der Waals surface area (Å²) in [4.78, 5) is 15.4. The first-order valence-corrected chi connectivity index (χ1v) is 13.5. The van der Waals surface area contributed by atoms with Crippen LogP contribution in [0.5, 0.6) is 0 Å². The zero-order chi connectivity index (χ0) is 29.5. The predicted octanol–water partition coefficient (Wildman–Crippen LogP) is 4.02. The van der Waals surface area contributed by atoms with E-state index in [0.717, 1.165) is 41.5 Å². The molecule has 9 nitrogen and oxygen atoms in total. The molecule has 4 N–H and O–H groups in total. The van der Waals surface area contributed by atoms with Gasteiger partial charge in [-0.25, -0.2) is 5.43 Å². The van der Waals surface area contributed by atoms with Crippen molar-refractivity contribution < 1.29 is 18.0 Å². The summed E-state index contributed by atoms with van der Waals surface area (Å²) in [6.45, 7) is 5.26. The Hall–Kier alpha value is -4.03. The topological polar surface area (TPSA) is 89.5 Å². The quantitative estimate of drug-likeness (QED) is 0.306. The molecule has 2 fully saturated rings. The fourth-order valence-electron chi connectivity index (χ4n) is 5.52. The highest BCUT2D eigenvalue weighted by Gasteiger charge is 2.39. The third-order valence-corrected chi connectivity index (χ3v) is 7.92. The van der Waals surface area contributed by atoms with Gasteiger partial charge in [-0.2, -0.15) is 18.3 Å². The summed E-state index contributed by atoms with van der Waals surface area (Å²) >= 11 is 0. The summed E-state index contributed by atoms with van der Waals surface area (Å²) < 4.78 is 43.2. The molecule has 2 aliphatic rings. The third-order valence-electron chi connectivity index (χ3n) is 7.92. The Kier molecular flexibility index (Phi) is 7.71. The molecule has 0 aliphatic carbocycles. The molecule has 0 saturated carbocycles. The highest BCUT2D eigenvalue weighted by Crippen LogP contribution is 2.37. The van der Waals surface area contributed by atoms with Crippen LogP contribution in [0.15, 0.2) is 48.8 Å². The van der Waals surface area contributed by atoms with E-state index in [1.54, 1.807) is 41.1 Å². The lowest BCUT2D eigenvalue weighted by atomic mass is 10.1. The van der Waals surface area contributed by atoms with Crippen LogP contribution in [0, 0.1) is 13.8 Å². The van der Waals surface area contributed by atoms with Crippen LogP contribution >= 0.6 is 0 Å². The number of hydrazine groups is 1. The number of benzene rings is 2. The number of alkyl halides is 3. The highest BCUT2D eigenvalue weighted by molar-refractivity contribution is 6.05. The SMILES string of the molecule is CN/C(=C\N(NC)c1cc(C(=O)Nc2cc(N3CC4CC3CN4)cc(C(F)(F)F)c2)ccc1C)c1cnn(C)c1C. The number of aryl methyl sites for hydroxylation is 2. The molecule has 12 heteroatoms. The van der Waals surface area contributed by atoms with Crippen molar-refractivity contribution in [3.8, 4) is 0 Å². The monoisotopic (exact) mass is 568 g/mol. The van der Waals surface area contributed by atoms with Crippen molar-refractivity contribution in [3.63, 3.8) is 0 Å². The van der Waals surface area contributed by atoms with Gasteiger partial charge in [0.05, 0.1) is 23.1 Å². The third kappa shape index (κ3) is 5.75. The highest BCUT2D eigenvalue weighted by atomic mass is 19.4. The molecule has 0 radical (unpaired) electrons. The van der Waals surface area contributed by atoms with E-state index in [0.29, 0.717) is 23.5 Å². The number of piperazine rings is 1. The lowest BCUT2D eigenvalue weighted by molar-refractivity contribution is -0.137. The molecule has 218 valence electrons. The number of carbonyl (C=O) groups excluding carboxylic acids is 1. The van der Waals surface area contributed by atoms with Gasteiger partial charge in [0.2, 0.25) is 0 Å². The first-order chi connectivity index (χ1) is 19.5. The van der Waals surface area contributed by atoms with Crippen LogP contribution in [0.1, 0.15) is 39.2 Å². The van der Waals surface area contributed by atoms with Gasteiger partial charge in [-0.1, -0.05) is 6.07 Å². The molecular weight excluding hydrogens is 533 g/mol. The number of nitrogens with zero attached hydrogens (tertiary/aromatic N) is 4. The fourth-order valence-corrected chi connectivity index (χ4v) is 5.52. The van der Waals surface area contributed by atoms with E-state index in [4.69, 9.17) is 0 Å². The number of fused-ring (bicyclic) bond motifs is 2. The maximum atomic E-state index is 13.8. The first kappa shape index (κ1) is 28.5. The van der Waals surface area contributed by atoms with Gasteiger partial charge >= 0.3 is 6.18 Å². The van der Waals surface area contributed by atoms with E-state index >= 15 is 0 Å². The zero-order valence-electron chi connectivity index (χ0n) is 23.7. The molecule has 2 aliphatic heterocycles. The minimum atomic E-state index is -4.54. The van der Waals surface area contributed by atoms with Gasteiger partial charge in [-0.05, 0) is 56.2 Å². The minimum absolute atomic E-state index is 0.104. The zero-order valence-corrected chi connectivity index (χ0v) is 23.7. The normalized spacial score (nSPS) is 18.6. The summed E-state index contributed by atoms with van der Waals surface area (Å²) in [5.41, 5.74) is 7.53. The second kappa shape index (κ2) is 11.1. The fraction of sp³-hybridized carbons (Fsp3) is 0.379. The van der Waals surface area contributed by atoms with Crippen LogP contribution < -0.4 is 31.3 Å². The van der Waals surface area contributed by atoms with Crippen molar-refractivity contribution in [3.05, 3.63) is 76.7 Å². The van der Waals surface area contributed by atoms with Crippen molar-refractivity contribution in [1.29, 1.82) is 0 Å². The van der Waals surface area contributed by atoms with E-state index in [1.807, 2.05) is 45.1 Å². The summed E-state index contributed by atoms with van der Waals surface area (Å²) in [5, 5.41) is 15.4. The number of nitrogens with one attached hydrogen (secondary N) is 4. The van der Waals surface area contributed by atoms with Crippen LogP contribution in [0.2, 0.25) is 0 Å². The van der Waals surface area contributed by atoms with E-state index in [-0.39, 0.29) is 17.8 Å². The second-order valence-electron chi connectivity index (χ2n) is 10.5. The maximum Gasteiger partial charge on any atom is 0.416 e. The van der Waals surface area contributed by atoms with Crippen LogP contribution in [0.3, 0.4) is 0 Å². The number of amides is 1.